The second kappa shape index (κ2) is 9.04. The maximum Gasteiger partial charge on any atom is 0.417 e. The molecular weight excluding hydrogens is 455 g/mol. The highest BCUT2D eigenvalue weighted by Crippen LogP contribution is 2.34. The van der Waals surface area contributed by atoms with E-state index in [1.54, 1.807) is 24.0 Å². The Morgan fingerprint density at radius 2 is 1.84 bits per heavy atom. The van der Waals surface area contributed by atoms with E-state index in [-0.39, 0.29) is 33.3 Å². The smallest absolute Gasteiger partial charge is 0.355 e. The maximum absolute atomic E-state index is 12.8. The zero-order chi connectivity index (χ0) is 22.8. The molecule has 6 nitrogen and oxygen atoms in total. The SMILES string of the molecule is CCS(=O)(=O)c1ccc(NC(=O)C2CCN(c3ncc(C(F)(F)F)cc3Cl)CC2)cc1. The number of hydrogen-bond acceptors (Lipinski definition) is 5. The third-order valence-electron chi connectivity index (χ3n) is 5.18. The van der Waals surface area contributed by atoms with E-state index in [0.29, 0.717) is 31.6 Å². The number of rotatable bonds is 5. The molecule has 2 aromatic rings. The number of hydrogen-bond donors (Lipinski definition) is 1. The summed E-state index contributed by atoms with van der Waals surface area (Å²) in [7, 11) is -3.31. The van der Waals surface area contributed by atoms with Crippen LogP contribution in [-0.4, -0.2) is 38.2 Å². The molecule has 2 heterocycles. The molecule has 0 bridgehead atoms. The fourth-order valence-corrected chi connectivity index (χ4v) is 4.50. The van der Waals surface area contributed by atoms with Crippen molar-refractivity contribution < 1.29 is 26.4 Å². The number of nitrogens with one attached hydrogen (secondary N) is 1. The Kier molecular flexibility index (Phi) is 6.80. The number of amides is 1. The highest BCUT2D eigenvalue weighted by molar-refractivity contribution is 7.91. The van der Waals surface area contributed by atoms with Crippen molar-refractivity contribution in [1.82, 2.24) is 4.98 Å². The predicted octanol–water partition coefficient (Wildman–Crippen LogP) is 4.40. The minimum atomic E-state index is -4.51. The molecule has 1 saturated heterocycles. The standard InChI is InChI=1S/C20H21ClF3N3O3S/c1-2-31(29,30)16-5-3-15(4-6-16)26-19(28)13-7-9-27(10-8-13)18-17(21)11-14(12-25-18)20(22,23)24/h3-6,11-13H,2,7-10H2,1H3,(H,26,28). The van der Waals surface area contributed by atoms with Crippen LogP contribution in [0.2, 0.25) is 5.02 Å². The Bertz CT molecular complexity index is 1050. The van der Waals surface area contributed by atoms with Gasteiger partial charge in [-0.05, 0) is 43.2 Å². The van der Waals surface area contributed by atoms with Gasteiger partial charge in [-0.15, -0.1) is 0 Å². The number of halogens is 4. The topological polar surface area (TPSA) is 79.4 Å². The fraction of sp³-hybridized carbons (Fsp3) is 0.400. The molecule has 1 aliphatic rings. The summed E-state index contributed by atoms with van der Waals surface area (Å²) >= 11 is 6.00. The van der Waals surface area contributed by atoms with Gasteiger partial charge in [-0.3, -0.25) is 4.79 Å². The van der Waals surface area contributed by atoms with E-state index in [1.165, 1.54) is 12.1 Å². The van der Waals surface area contributed by atoms with Crippen molar-refractivity contribution >= 4 is 38.9 Å². The van der Waals surface area contributed by atoms with Crippen LogP contribution in [0.1, 0.15) is 25.3 Å². The summed E-state index contributed by atoms with van der Waals surface area (Å²) in [5, 5.41) is 2.70. The molecule has 1 amide bonds. The highest BCUT2D eigenvalue weighted by atomic mass is 35.5. The second-order valence-electron chi connectivity index (χ2n) is 7.21. The lowest BCUT2D eigenvalue weighted by molar-refractivity contribution is -0.137. The molecule has 0 unspecified atom stereocenters. The number of aromatic nitrogens is 1. The number of piperidine rings is 1. The minimum absolute atomic E-state index is 0.00488. The molecule has 0 spiro atoms. The molecule has 1 fully saturated rings. The maximum atomic E-state index is 12.8. The molecule has 0 aliphatic carbocycles. The quantitative estimate of drug-likeness (QED) is 0.693. The first-order valence-corrected chi connectivity index (χ1v) is 11.7. The zero-order valence-electron chi connectivity index (χ0n) is 16.6. The van der Waals surface area contributed by atoms with Crippen LogP contribution in [0.15, 0.2) is 41.4 Å². The zero-order valence-corrected chi connectivity index (χ0v) is 18.2. The van der Waals surface area contributed by atoms with Crippen molar-refractivity contribution in [2.24, 2.45) is 5.92 Å². The van der Waals surface area contributed by atoms with Crippen LogP contribution in [0.25, 0.3) is 0 Å². The van der Waals surface area contributed by atoms with Gasteiger partial charge in [0, 0.05) is 30.9 Å². The summed E-state index contributed by atoms with van der Waals surface area (Å²) in [6.07, 6.45) is -2.80. The number of sulfone groups is 1. The number of alkyl halides is 3. The third-order valence-corrected chi connectivity index (χ3v) is 7.20. The van der Waals surface area contributed by atoms with Crippen molar-refractivity contribution in [3.8, 4) is 0 Å². The van der Waals surface area contributed by atoms with E-state index in [2.05, 4.69) is 10.3 Å². The molecule has 0 saturated carbocycles. The summed E-state index contributed by atoms with van der Waals surface area (Å²) in [5.41, 5.74) is -0.414. The van der Waals surface area contributed by atoms with Gasteiger partial charge in [-0.2, -0.15) is 13.2 Å². The van der Waals surface area contributed by atoms with Crippen LogP contribution in [0.5, 0.6) is 0 Å². The number of nitrogens with zero attached hydrogens (tertiary/aromatic N) is 2. The first-order valence-electron chi connectivity index (χ1n) is 9.62. The molecule has 0 atom stereocenters. The Morgan fingerprint density at radius 3 is 2.35 bits per heavy atom. The Labute approximate surface area is 183 Å². The summed E-state index contributed by atoms with van der Waals surface area (Å²) < 4.78 is 62.0. The summed E-state index contributed by atoms with van der Waals surface area (Å²) in [5.74, 6) is -0.225. The average Bonchev–Trinajstić information content (AvgIpc) is 2.73. The number of carbonyl (C=O) groups is 1. The van der Waals surface area contributed by atoms with Gasteiger partial charge in [0.25, 0.3) is 0 Å². The van der Waals surface area contributed by atoms with Crippen molar-refractivity contribution in [3.63, 3.8) is 0 Å². The normalized spacial score (nSPS) is 15.7. The van der Waals surface area contributed by atoms with E-state index < -0.39 is 21.6 Å². The lowest BCUT2D eigenvalue weighted by Crippen LogP contribution is -2.38. The lowest BCUT2D eigenvalue weighted by Gasteiger charge is -2.32. The molecular formula is C20H21ClF3N3O3S. The second-order valence-corrected chi connectivity index (χ2v) is 9.89. The molecule has 11 heteroatoms. The largest absolute Gasteiger partial charge is 0.417 e. The van der Waals surface area contributed by atoms with Gasteiger partial charge in [-0.1, -0.05) is 18.5 Å². The number of benzene rings is 1. The van der Waals surface area contributed by atoms with Gasteiger partial charge in [0.2, 0.25) is 5.91 Å². The molecule has 1 aromatic carbocycles. The molecule has 1 aliphatic heterocycles. The van der Waals surface area contributed by atoms with Gasteiger partial charge < -0.3 is 10.2 Å². The van der Waals surface area contributed by atoms with E-state index in [0.717, 1.165) is 12.3 Å². The van der Waals surface area contributed by atoms with Gasteiger partial charge in [0.15, 0.2) is 9.84 Å². The first-order chi connectivity index (χ1) is 14.5. The molecule has 168 valence electrons. The highest BCUT2D eigenvalue weighted by Gasteiger charge is 2.33. The first kappa shape index (κ1) is 23.3. The van der Waals surface area contributed by atoms with E-state index in [4.69, 9.17) is 11.6 Å². The molecule has 0 radical (unpaired) electrons. The molecule has 31 heavy (non-hydrogen) atoms. The van der Waals surface area contributed by atoms with Crippen molar-refractivity contribution in [2.75, 3.05) is 29.1 Å². The van der Waals surface area contributed by atoms with Crippen LogP contribution in [0, 0.1) is 5.92 Å². The van der Waals surface area contributed by atoms with Gasteiger partial charge in [0.1, 0.15) is 5.82 Å². The van der Waals surface area contributed by atoms with Crippen LogP contribution >= 0.6 is 11.6 Å². The number of carbonyl (C=O) groups excluding carboxylic acids is 1. The van der Waals surface area contributed by atoms with E-state index >= 15 is 0 Å². The molecule has 1 aromatic heterocycles. The summed E-state index contributed by atoms with van der Waals surface area (Å²) in [4.78, 5) is 18.4. The van der Waals surface area contributed by atoms with Gasteiger partial charge in [0.05, 0.1) is 21.2 Å². The molecule has 3 rings (SSSR count). The minimum Gasteiger partial charge on any atom is -0.355 e. The number of anilines is 2. The lowest BCUT2D eigenvalue weighted by atomic mass is 9.95. The van der Waals surface area contributed by atoms with Gasteiger partial charge >= 0.3 is 6.18 Å². The van der Waals surface area contributed by atoms with Crippen LogP contribution in [0.4, 0.5) is 24.7 Å². The monoisotopic (exact) mass is 475 g/mol. The van der Waals surface area contributed by atoms with Gasteiger partial charge in [-0.25, -0.2) is 13.4 Å². The average molecular weight is 476 g/mol. The Hall–Kier alpha value is -2.33. The fourth-order valence-electron chi connectivity index (χ4n) is 3.33. The summed E-state index contributed by atoms with van der Waals surface area (Å²) in [6.45, 7) is 2.40. The van der Waals surface area contributed by atoms with E-state index in [1.807, 2.05) is 0 Å². The van der Waals surface area contributed by atoms with Crippen LogP contribution in [0.3, 0.4) is 0 Å². The van der Waals surface area contributed by atoms with Crippen molar-refractivity contribution in [2.45, 2.75) is 30.8 Å². The summed E-state index contributed by atoms with van der Waals surface area (Å²) in [6, 6.07) is 6.85. The molecule has 1 N–H and O–H groups in total. The predicted molar refractivity (Wildman–Crippen MR) is 112 cm³/mol. The van der Waals surface area contributed by atoms with Crippen LogP contribution in [-0.2, 0) is 20.8 Å². The Morgan fingerprint density at radius 1 is 1.23 bits per heavy atom. The Balaban J connectivity index is 1.59. The van der Waals surface area contributed by atoms with Crippen molar-refractivity contribution in [3.05, 3.63) is 47.1 Å². The van der Waals surface area contributed by atoms with Crippen molar-refractivity contribution in [1.29, 1.82) is 0 Å². The van der Waals surface area contributed by atoms with Crippen LogP contribution < -0.4 is 10.2 Å². The number of pyridine rings is 1. The third kappa shape index (κ3) is 5.48. The van der Waals surface area contributed by atoms with E-state index in [9.17, 15) is 26.4 Å².